The number of H-pyrrole nitrogens is 1. The van der Waals surface area contributed by atoms with E-state index in [1.807, 2.05) is 6.20 Å². The van der Waals surface area contributed by atoms with Crippen molar-refractivity contribution in [3.8, 4) is 0 Å². The van der Waals surface area contributed by atoms with E-state index in [0.29, 0.717) is 6.04 Å². The molecule has 2 aromatic rings. The van der Waals surface area contributed by atoms with Gasteiger partial charge in [-0.1, -0.05) is 6.92 Å². The van der Waals surface area contributed by atoms with Crippen LogP contribution in [0.1, 0.15) is 38.2 Å². The lowest BCUT2D eigenvalue weighted by atomic mass is 9.90. The van der Waals surface area contributed by atoms with Crippen LogP contribution in [0.3, 0.4) is 0 Å². The van der Waals surface area contributed by atoms with E-state index in [4.69, 9.17) is 0 Å². The fourth-order valence-electron chi connectivity index (χ4n) is 3.35. The highest BCUT2D eigenvalue weighted by Crippen LogP contribution is 2.28. The molecule has 0 aliphatic heterocycles. The van der Waals surface area contributed by atoms with E-state index in [-0.39, 0.29) is 0 Å². The largest absolute Gasteiger partial charge is 0.367 e. The van der Waals surface area contributed by atoms with Crippen molar-refractivity contribution in [1.82, 2.24) is 19.9 Å². The lowest BCUT2D eigenvalue weighted by molar-refractivity contribution is 0.221. The molecule has 1 fully saturated rings. The molecule has 3 rings (SSSR count). The Kier molecular flexibility index (Phi) is 4.10. The second-order valence-corrected chi connectivity index (χ2v) is 6.23. The van der Waals surface area contributed by atoms with Gasteiger partial charge in [0.2, 0.25) is 0 Å². The topological polar surface area (TPSA) is 56.8 Å². The van der Waals surface area contributed by atoms with Crippen LogP contribution in [0.5, 0.6) is 0 Å². The van der Waals surface area contributed by atoms with E-state index in [1.165, 1.54) is 31.2 Å². The summed E-state index contributed by atoms with van der Waals surface area (Å²) in [7, 11) is 4.36. The second-order valence-electron chi connectivity index (χ2n) is 6.23. The van der Waals surface area contributed by atoms with Gasteiger partial charge in [-0.15, -0.1) is 0 Å². The molecule has 1 saturated carbocycles. The van der Waals surface area contributed by atoms with E-state index in [9.17, 15) is 0 Å². The number of aromatic nitrogens is 3. The van der Waals surface area contributed by atoms with Crippen molar-refractivity contribution >= 4 is 16.9 Å². The van der Waals surface area contributed by atoms with Gasteiger partial charge in [-0.2, -0.15) is 0 Å². The Hall–Kier alpha value is -1.62. The number of rotatable bonds is 4. The van der Waals surface area contributed by atoms with Crippen molar-refractivity contribution in [2.75, 3.05) is 19.4 Å². The number of hydrogen-bond acceptors (Lipinski definition) is 4. The molecule has 0 aromatic carbocycles. The second kappa shape index (κ2) is 6.02. The van der Waals surface area contributed by atoms with Crippen molar-refractivity contribution in [2.45, 2.75) is 51.1 Å². The van der Waals surface area contributed by atoms with Crippen LogP contribution in [0, 0.1) is 0 Å². The van der Waals surface area contributed by atoms with E-state index in [2.05, 4.69) is 46.2 Å². The molecule has 2 N–H and O–H groups in total. The highest BCUT2D eigenvalue weighted by molar-refractivity contribution is 5.90. The van der Waals surface area contributed by atoms with E-state index < -0.39 is 0 Å². The average Bonchev–Trinajstić information content (AvgIpc) is 2.92. The predicted octanol–water partition coefficient (Wildman–Crippen LogP) is 2.81. The normalized spacial score (nSPS) is 22.9. The summed E-state index contributed by atoms with van der Waals surface area (Å²) in [5.41, 5.74) is 2.22. The van der Waals surface area contributed by atoms with E-state index in [1.54, 1.807) is 6.33 Å². The summed E-state index contributed by atoms with van der Waals surface area (Å²) in [6.45, 7) is 2.17. The molecular formula is C16H25N5. The Morgan fingerprint density at radius 2 is 2.00 bits per heavy atom. The van der Waals surface area contributed by atoms with Crippen molar-refractivity contribution in [3.05, 3.63) is 18.1 Å². The predicted molar refractivity (Wildman–Crippen MR) is 86.6 cm³/mol. The van der Waals surface area contributed by atoms with Crippen molar-refractivity contribution in [3.63, 3.8) is 0 Å². The number of anilines is 1. The fourth-order valence-corrected chi connectivity index (χ4v) is 3.35. The Morgan fingerprint density at radius 1 is 1.24 bits per heavy atom. The van der Waals surface area contributed by atoms with Crippen LogP contribution < -0.4 is 5.32 Å². The molecule has 21 heavy (non-hydrogen) atoms. The summed E-state index contributed by atoms with van der Waals surface area (Å²) in [5, 5.41) is 4.82. The molecule has 0 radical (unpaired) electrons. The SMILES string of the molecule is CCc1c[nH]c2ncnc(NC3CCC(N(C)C)CC3)c12. The first-order valence-corrected chi connectivity index (χ1v) is 7.93. The van der Waals surface area contributed by atoms with Crippen LogP contribution in [-0.4, -0.2) is 46.0 Å². The first-order valence-electron chi connectivity index (χ1n) is 7.93. The zero-order valence-corrected chi connectivity index (χ0v) is 13.2. The van der Waals surface area contributed by atoms with Crippen molar-refractivity contribution in [1.29, 1.82) is 0 Å². The Bertz CT molecular complexity index is 596. The zero-order valence-electron chi connectivity index (χ0n) is 13.2. The summed E-state index contributed by atoms with van der Waals surface area (Å²) in [5.74, 6) is 0.992. The van der Waals surface area contributed by atoms with Gasteiger partial charge in [-0.05, 0) is 51.8 Å². The molecule has 2 heterocycles. The lowest BCUT2D eigenvalue weighted by Crippen LogP contribution is -2.36. The highest BCUT2D eigenvalue weighted by atomic mass is 15.1. The summed E-state index contributed by atoms with van der Waals surface area (Å²) >= 11 is 0. The minimum Gasteiger partial charge on any atom is -0.367 e. The summed E-state index contributed by atoms with van der Waals surface area (Å²) in [4.78, 5) is 14.4. The number of fused-ring (bicyclic) bond motifs is 1. The third-order valence-electron chi connectivity index (χ3n) is 4.70. The number of nitrogens with one attached hydrogen (secondary N) is 2. The van der Waals surface area contributed by atoms with Gasteiger partial charge >= 0.3 is 0 Å². The van der Waals surface area contributed by atoms with E-state index >= 15 is 0 Å². The first-order chi connectivity index (χ1) is 10.2. The summed E-state index contributed by atoms with van der Waals surface area (Å²) < 4.78 is 0. The fraction of sp³-hybridized carbons (Fsp3) is 0.625. The average molecular weight is 287 g/mol. The number of aromatic amines is 1. The number of aryl methyl sites for hydroxylation is 1. The molecule has 0 atom stereocenters. The molecule has 0 saturated heterocycles. The van der Waals surface area contributed by atoms with Gasteiger partial charge in [0.15, 0.2) is 0 Å². The zero-order chi connectivity index (χ0) is 14.8. The molecule has 2 aromatic heterocycles. The summed E-state index contributed by atoms with van der Waals surface area (Å²) in [6, 6.07) is 1.26. The minimum atomic E-state index is 0.527. The Labute approximate surface area is 126 Å². The van der Waals surface area contributed by atoms with Crippen LogP contribution in [-0.2, 0) is 6.42 Å². The molecule has 1 aliphatic carbocycles. The molecule has 114 valence electrons. The number of nitrogens with zero attached hydrogens (tertiary/aromatic N) is 3. The lowest BCUT2D eigenvalue weighted by Gasteiger charge is -2.33. The third-order valence-corrected chi connectivity index (χ3v) is 4.70. The monoisotopic (exact) mass is 287 g/mol. The van der Waals surface area contributed by atoms with Gasteiger partial charge in [0, 0.05) is 18.3 Å². The van der Waals surface area contributed by atoms with Crippen LogP contribution >= 0.6 is 0 Å². The maximum Gasteiger partial charge on any atom is 0.143 e. The van der Waals surface area contributed by atoms with Crippen LogP contribution in [0.25, 0.3) is 11.0 Å². The molecule has 0 spiro atoms. The minimum absolute atomic E-state index is 0.527. The maximum atomic E-state index is 4.48. The standard InChI is InChI=1S/C16H25N5/c1-4-11-9-17-15-14(11)16(19-10-18-15)20-12-5-7-13(8-6-12)21(2)3/h9-10,12-13H,4-8H2,1-3H3,(H2,17,18,19,20). The van der Waals surface area contributed by atoms with Crippen LogP contribution in [0.4, 0.5) is 5.82 Å². The Balaban J connectivity index is 1.75. The molecular weight excluding hydrogens is 262 g/mol. The van der Waals surface area contributed by atoms with Gasteiger partial charge in [0.25, 0.3) is 0 Å². The van der Waals surface area contributed by atoms with Gasteiger partial charge in [0.05, 0.1) is 5.39 Å². The Morgan fingerprint density at radius 3 is 2.67 bits per heavy atom. The smallest absolute Gasteiger partial charge is 0.143 e. The third kappa shape index (κ3) is 2.88. The molecule has 0 unspecified atom stereocenters. The van der Waals surface area contributed by atoms with Gasteiger partial charge in [0.1, 0.15) is 17.8 Å². The quantitative estimate of drug-likeness (QED) is 0.908. The van der Waals surface area contributed by atoms with Crippen LogP contribution in [0.15, 0.2) is 12.5 Å². The van der Waals surface area contributed by atoms with Crippen LogP contribution in [0.2, 0.25) is 0 Å². The molecule has 1 aliphatic rings. The molecule has 0 amide bonds. The molecule has 5 nitrogen and oxygen atoms in total. The number of hydrogen-bond donors (Lipinski definition) is 2. The van der Waals surface area contributed by atoms with Crippen molar-refractivity contribution < 1.29 is 0 Å². The maximum absolute atomic E-state index is 4.48. The van der Waals surface area contributed by atoms with Gasteiger partial charge in [-0.3, -0.25) is 0 Å². The first kappa shape index (κ1) is 14.3. The van der Waals surface area contributed by atoms with Gasteiger partial charge in [-0.25, -0.2) is 9.97 Å². The molecule has 0 bridgehead atoms. The highest BCUT2D eigenvalue weighted by Gasteiger charge is 2.23. The van der Waals surface area contributed by atoms with Crippen molar-refractivity contribution in [2.24, 2.45) is 0 Å². The summed E-state index contributed by atoms with van der Waals surface area (Å²) in [6.07, 6.45) is 9.62. The van der Waals surface area contributed by atoms with Gasteiger partial charge < -0.3 is 15.2 Å². The molecule has 5 heteroatoms. The van der Waals surface area contributed by atoms with E-state index in [0.717, 1.165) is 29.3 Å².